The number of carbonyl (C=O) groups excluding carboxylic acids is 2. The third-order valence-electron chi connectivity index (χ3n) is 7.32. The number of nitrogens with one attached hydrogen (secondary N) is 1. The maximum Gasteiger partial charge on any atom is 0.309 e. The van der Waals surface area contributed by atoms with Gasteiger partial charge in [-0.2, -0.15) is 4.72 Å². The second-order valence-corrected chi connectivity index (χ2v) is 13.1. The smallest absolute Gasteiger partial charge is 0.309 e. The van der Waals surface area contributed by atoms with Gasteiger partial charge in [-0.15, -0.1) is 12.4 Å². The Morgan fingerprint density at radius 3 is 2.00 bits per heavy atom. The van der Waals surface area contributed by atoms with Gasteiger partial charge in [-0.1, -0.05) is 53.7 Å². The number of nitrogens with two attached hydrogens (primary N) is 2. The van der Waals surface area contributed by atoms with Crippen molar-refractivity contribution in [1.29, 1.82) is 0 Å². The molecule has 0 spiro atoms. The lowest BCUT2D eigenvalue weighted by atomic mass is 9.89. The van der Waals surface area contributed by atoms with Crippen LogP contribution in [0, 0.1) is 5.92 Å². The van der Waals surface area contributed by atoms with Crippen molar-refractivity contribution in [3.05, 3.63) is 28.8 Å². The standard InChI is InChI=1S/C29H49N5O5S.ClH/c1-8-39-28(36)21-11-14-34(15-12-21)27(35)25(10-9-13-32-29(30)31)33-40(37,38)26-23(19(4)5)16-22(18(2)3)17-24(26)20(6)7;/h16-21,25,33H,8-15H2,1-7H3,(H4,30,31,32);1H. The first-order chi connectivity index (χ1) is 18.7. The van der Waals surface area contributed by atoms with Gasteiger partial charge in [0, 0.05) is 19.6 Å². The van der Waals surface area contributed by atoms with Gasteiger partial charge in [0.2, 0.25) is 15.9 Å². The molecule has 12 heteroatoms. The van der Waals surface area contributed by atoms with Crippen molar-refractivity contribution < 1.29 is 22.7 Å². The van der Waals surface area contributed by atoms with Crippen molar-refractivity contribution in [2.45, 2.75) is 103 Å². The van der Waals surface area contributed by atoms with E-state index in [1.165, 1.54) is 0 Å². The van der Waals surface area contributed by atoms with E-state index in [-0.39, 0.29) is 71.8 Å². The van der Waals surface area contributed by atoms with Crippen molar-refractivity contribution in [1.82, 2.24) is 9.62 Å². The van der Waals surface area contributed by atoms with E-state index in [1.54, 1.807) is 11.8 Å². The summed E-state index contributed by atoms with van der Waals surface area (Å²) in [6, 6.07) is 2.96. The van der Waals surface area contributed by atoms with Crippen molar-refractivity contribution in [3.8, 4) is 0 Å². The van der Waals surface area contributed by atoms with Crippen LogP contribution >= 0.6 is 12.4 Å². The Kier molecular flexibility index (Phi) is 14.6. The Bertz CT molecular complexity index is 1130. The minimum absolute atomic E-state index is 0. The van der Waals surface area contributed by atoms with Crippen LogP contribution in [-0.2, 0) is 24.3 Å². The van der Waals surface area contributed by atoms with Crippen molar-refractivity contribution >= 4 is 40.3 Å². The van der Waals surface area contributed by atoms with Crippen LogP contribution in [-0.4, -0.2) is 63.4 Å². The summed E-state index contributed by atoms with van der Waals surface area (Å²) in [5, 5.41) is 0. The lowest BCUT2D eigenvalue weighted by Gasteiger charge is -2.34. The molecular formula is C29H50ClN5O5S. The van der Waals surface area contributed by atoms with Crippen LogP contribution < -0.4 is 16.2 Å². The molecule has 1 amide bonds. The van der Waals surface area contributed by atoms with Crippen molar-refractivity contribution in [2.24, 2.45) is 22.4 Å². The fourth-order valence-corrected chi connectivity index (χ4v) is 6.92. The molecule has 5 N–H and O–H groups in total. The first kappa shape index (κ1) is 36.7. The van der Waals surface area contributed by atoms with E-state index in [0.29, 0.717) is 39.0 Å². The Hall–Kier alpha value is -2.37. The number of likely N-dealkylation sites (tertiary alicyclic amines) is 1. The Morgan fingerprint density at radius 2 is 1.56 bits per heavy atom. The molecule has 0 aromatic heterocycles. The van der Waals surface area contributed by atoms with Crippen LogP contribution in [0.15, 0.2) is 22.0 Å². The van der Waals surface area contributed by atoms with E-state index in [0.717, 1.165) is 16.7 Å². The van der Waals surface area contributed by atoms with Gasteiger partial charge in [0.15, 0.2) is 5.96 Å². The average molecular weight is 616 g/mol. The number of hydrogen-bond acceptors (Lipinski definition) is 6. The lowest BCUT2D eigenvalue weighted by molar-refractivity contribution is -0.151. The molecule has 1 aromatic carbocycles. The van der Waals surface area contributed by atoms with Crippen LogP contribution in [0.5, 0.6) is 0 Å². The van der Waals surface area contributed by atoms with Gasteiger partial charge < -0.3 is 21.1 Å². The van der Waals surface area contributed by atoms with Crippen molar-refractivity contribution in [2.75, 3.05) is 26.2 Å². The molecule has 1 saturated heterocycles. The zero-order chi connectivity index (χ0) is 30.2. The van der Waals surface area contributed by atoms with Gasteiger partial charge in [-0.05, 0) is 67.1 Å². The van der Waals surface area contributed by atoms with Gasteiger partial charge in [0.05, 0.1) is 17.4 Å². The van der Waals surface area contributed by atoms with Crippen LogP contribution in [0.1, 0.15) is 109 Å². The molecular weight excluding hydrogens is 566 g/mol. The van der Waals surface area contributed by atoms with Gasteiger partial charge in [-0.3, -0.25) is 14.6 Å². The molecule has 0 bridgehead atoms. The zero-order valence-corrected chi connectivity index (χ0v) is 27.2. The van der Waals surface area contributed by atoms with Crippen LogP contribution in [0.25, 0.3) is 0 Å². The molecule has 234 valence electrons. The summed E-state index contributed by atoms with van der Waals surface area (Å²) < 4.78 is 36.1. The molecule has 10 nitrogen and oxygen atoms in total. The second kappa shape index (κ2) is 16.3. The first-order valence-electron chi connectivity index (χ1n) is 14.4. The van der Waals surface area contributed by atoms with Crippen LogP contribution in [0.3, 0.4) is 0 Å². The largest absolute Gasteiger partial charge is 0.466 e. The highest BCUT2D eigenvalue weighted by Gasteiger charge is 2.35. The number of aliphatic imine (C=N–C) groups is 1. The summed E-state index contributed by atoms with van der Waals surface area (Å²) in [5.41, 5.74) is 13.5. The monoisotopic (exact) mass is 615 g/mol. The lowest BCUT2D eigenvalue weighted by Crippen LogP contribution is -2.51. The fourth-order valence-electron chi connectivity index (χ4n) is 5.00. The number of rotatable bonds is 13. The highest BCUT2D eigenvalue weighted by atomic mass is 35.5. The summed E-state index contributed by atoms with van der Waals surface area (Å²) in [5.74, 6) is -0.730. The number of piperidine rings is 1. The minimum atomic E-state index is -4.08. The number of ether oxygens (including phenoxy) is 1. The third-order valence-corrected chi connectivity index (χ3v) is 8.92. The molecule has 41 heavy (non-hydrogen) atoms. The summed E-state index contributed by atoms with van der Waals surface area (Å²) in [4.78, 5) is 31.8. The van der Waals surface area contributed by atoms with E-state index in [1.807, 2.05) is 39.8 Å². The van der Waals surface area contributed by atoms with Crippen LogP contribution in [0.4, 0.5) is 0 Å². The maximum absolute atomic E-state index is 14.1. The summed E-state index contributed by atoms with van der Waals surface area (Å²) >= 11 is 0. The molecule has 1 unspecified atom stereocenters. The van der Waals surface area contributed by atoms with E-state index >= 15 is 0 Å². The minimum Gasteiger partial charge on any atom is -0.466 e. The number of esters is 1. The molecule has 1 aliphatic heterocycles. The molecule has 0 radical (unpaired) electrons. The maximum atomic E-state index is 14.1. The normalized spacial score (nSPS) is 15.1. The van der Waals surface area contributed by atoms with E-state index in [2.05, 4.69) is 23.6 Å². The number of guanidine groups is 1. The van der Waals surface area contributed by atoms with Gasteiger partial charge in [0.25, 0.3) is 0 Å². The fraction of sp³-hybridized carbons (Fsp3) is 0.690. The van der Waals surface area contributed by atoms with Crippen LogP contribution in [0.2, 0.25) is 0 Å². The van der Waals surface area contributed by atoms with E-state index in [4.69, 9.17) is 16.2 Å². The first-order valence-corrected chi connectivity index (χ1v) is 15.9. The van der Waals surface area contributed by atoms with E-state index in [9.17, 15) is 18.0 Å². The van der Waals surface area contributed by atoms with E-state index < -0.39 is 16.1 Å². The Morgan fingerprint density at radius 1 is 1.02 bits per heavy atom. The number of amides is 1. The summed E-state index contributed by atoms with van der Waals surface area (Å²) in [7, 11) is -4.08. The Labute approximate surface area is 252 Å². The quantitative estimate of drug-likeness (QED) is 0.131. The molecule has 1 fully saturated rings. The molecule has 2 rings (SSSR count). The topological polar surface area (TPSA) is 157 Å². The molecule has 0 saturated carbocycles. The van der Waals surface area contributed by atoms with Gasteiger partial charge in [-0.25, -0.2) is 8.42 Å². The average Bonchev–Trinajstić information content (AvgIpc) is 2.89. The number of sulfonamides is 1. The number of carbonyl (C=O) groups is 2. The highest BCUT2D eigenvalue weighted by Crippen LogP contribution is 2.35. The number of benzene rings is 1. The zero-order valence-electron chi connectivity index (χ0n) is 25.6. The highest BCUT2D eigenvalue weighted by molar-refractivity contribution is 7.89. The van der Waals surface area contributed by atoms with Gasteiger partial charge in [0.1, 0.15) is 6.04 Å². The predicted molar refractivity (Wildman–Crippen MR) is 166 cm³/mol. The summed E-state index contributed by atoms with van der Waals surface area (Å²) in [6.07, 6.45) is 1.59. The van der Waals surface area contributed by atoms with Crippen molar-refractivity contribution in [3.63, 3.8) is 0 Å². The molecule has 0 aliphatic carbocycles. The van der Waals surface area contributed by atoms with Gasteiger partial charge >= 0.3 is 5.97 Å². The molecule has 1 heterocycles. The third kappa shape index (κ3) is 10.1. The second-order valence-electron chi connectivity index (χ2n) is 11.5. The molecule has 1 aliphatic rings. The Balaban J connectivity index is 0.00000840. The predicted octanol–water partition coefficient (Wildman–Crippen LogP) is 3.98. The number of halogens is 1. The number of nitrogens with zero attached hydrogens (tertiary/aromatic N) is 2. The molecule has 1 atom stereocenters. The molecule has 1 aromatic rings. The SMILES string of the molecule is CCOC(=O)C1CCN(C(=O)C(CCCN=C(N)N)NS(=O)(=O)c2c(C(C)C)cc(C(C)C)cc2C(C)C)CC1.Cl. The summed E-state index contributed by atoms with van der Waals surface area (Å²) in [6.45, 7) is 15.2. The number of hydrogen-bond donors (Lipinski definition) is 3.